The molecule has 4 N–H and O–H groups in total. The van der Waals surface area contributed by atoms with E-state index in [0.29, 0.717) is 41.8 Å². The summed E-state index contributed by atoms with van der Waals surface area (Å²) >= 11 is 0. The van der Waals surface area contributed by atoms with Crippen LogP contribution in [0.15, 0.2) is 35.3 Å². The molecule has 2 fully saturated rings. The fraction of sp³-hybridized carbons (Fsp3) is 0.480. The van der Waals surface area contributed by atoms with E-state index in [2.05, 4.69) is 22.2 Å². The lowest BCUT2D eigenvalue weighted by Gasteiger charge is -2.36. The first-order valence-electron chi connectivity index (χ1n) is 12.0. The first-order valence-corrected chi connectivity index (χ1v) is 12.0. The number of carboxylic acid groups (broad SMARTS) is 2. The van der Waals surface area contributed by atoms with Crippen molar-refractivity contribution >= 4 is 28.9 Å². The SMILES string of the molecule is CCCCn1c(=O)c(C(=O)NC2CC3CCC(C2)N3C)c(O)c2cccnc21.O=C(O)C=CC(=O)O. The minimum absolute atomic E-state index is 0.0358. The second kappa shape index (κ2) is 11.8. The number of nitrogens with one attached hydrogen (secondary N) is 1. The molecule has 1 amide bonds. The quantitative estimate of drug-likeness (QED) is 0.416. The van der Waals surface area contributed by atoms with Gasteiger partial charge in [0.15, 0.2) is 0 Å². The zero-order valence-corrected chi connectivity index (χ0v) is 20.4. The second-order valence-corrected chi connectivity index (χ2v) is 9.11. The van der Waals surface area contributed by atoms with Gasteiger partial charge in [-0.1, -0.05) is 13.3 Å². The minimum atomic E-state index is -1.26. The molecule has 11 nitrogen and oxygen atoms in total. The normalized spacial score (nSPS) is 21.2. The van der Waals surface area contributed by atoms with Crippen molar-refractivity contribution in [3.05, 3.63) is 46.4 Å². The largest absolute Gasteiger partial charge is 0.506 e. The van der Waals surface area contributed by atoms with E-state index in [-0.39, 0.29) is 17.4 Å². The third-order valence-corrected chi connectivity index (χ3v) is 6.76. The zero-order valence-electron chi connectivity index (χ0n) is 20.4. The van der Waals surface area contributed by atoms with Crippen LogP contribution in [0.25, 0.3) is 11.0 Å². The highest BCUT2D eigenvalue weighted by Crippen LogP contribution is 2.34. The Balaban J connectivity index is 0.000000392. The third-order valence-electron chi connectivity index (χ3n) is 6.76. The Labute approximate surface area is 208 Å². The number of amides is 1. The Morgan fingerprint density at radius 3 is 2.31 bits per heavy atom. The lowest BCUT2D eigenvalue weighted by molar-refractivity contribution is -0.134. The number of fused-ring (bicyclic) bond motifs is 3. The summed E-state index contributed by atoms with van der Waals surface area (Å²) in [6.07, 6.45) is 8.52. The number of unbranched alkanes of at least 4 members (excludes halogenated alkanes) is 1. The van der Waals surface area contributed by atoms with Crippen LogP contribution < -0.4 is 10.9 Å². The third kappa shape index (κ3) is 6.09. The van der Waals surface area contributed by atoms with Crippen molar-refractivity contribution in [3.63, 3.8) is 0 Å². The summed E-state index contributed by atoms with van der Waals surface area (Å²) < 4.78 is 1.52. The number of aryl methyl sites for hydroxylation is 1. The maximum Gasteiger partial charge on any atom is 0.328 e. The highest BCUT2D eigenvalue weighted by atomic mass is 16.4. The average Bonchev–Trinajstić information content (AvgIpc) is 3.03. The lowest BCUT2D eigenvalue weighted by atomic mass is 9.97. The highest BCUT2D eigenvalue weighted by molar-refractivity contribution is 6.01. The molecule has 0 aromatic carbocycles. The molecule has 4 heterocycles. The van der Waals surface area contributed by atoms with Crippen molar-refractivity contribution in [2.45, 2.75) is 70.1 Å². The fourth-order valence-corrected chi connectivity index (χ4v) is 4.92. The number of aromatic hydroxyl groups is 1. The highest BCUT2D eigenvalue weighted by Gasteiger charge is 2.39. The first kappa shape index (κ1) is 26.9. The van der Waals surface area contributed by atoms with Crippen LogP contribution >= 0.6 is 0 Å². The van der Waals surface area contributed by atoms with Crippen LogP contribution in [-0.4, -0.2) is 72.8 Å². The molecule has 2 unspecified atom stereocenters. The van der Waals surface area contributed by atoms with Crippen molar-refractivity contribution in [3.8, 4) is 5.75 Å². The standard InChI is InChI=1S/C21H28N4O3.C4H4O4/c1-3-4-10-25-19-16(6-5-9-22-19)18(26)17(21(25)28)20(27)23-13-11-14-7-8-15(12-13)24(14)2;5-3(6)1-2-4(7)8/h5-6,9,13-15,26H,3-4,7-8,10-12H2,1-2H3,(H,23,27);1-2H,(H,5,6)(H,7,8). The molecular formula is C25H32N4O7. The van der Waals surface area contributed by atoms with Gasteiger partial charge in [-0.3, -0.25) is 14.2 Å². The van der Waals surface area contributed by atoms with Crippen molar-refractivity contribution in [2.24, 2.45) is 0 Å². The van der Waals surface area contributed by atoms with Crippen LogP contribution in [0.4, 0.5) is 0 Å². The van der Waals surface area contributed by atoms with E-state index in [1.54, 1.807) is 18.3 Å². The predicted molar refractivity (Wildman–Crippen MR) is 132 cm³/mol. The monoisotopic (exact) mass is 500 g/mol. The van der Waals surface area contributed by atoms with Gasteiger partial charge in [0, 0.05) is 43.0 Å². The number of hydrogen-bond acceptors (Lipinski definition) is 7. The summed E-state index contributed by atoms with van der Waals surface area (Å²) in [7, 11) is 2.15. The Morgan fingerprint density at radius 1 is 1.14 bits per heavy atom. The molecule has 11 heteroatoms. The van der Waals surface area contributed by atoms with E-state index in [4.69, 9.17) is 10.2 Å². The molecule has 194 valence electrons. The summed E-state index contributed by atoms with van der Waals surface area (Å²) in [6, 6.07) is 4.41. The molecular weight excluding hydrogens is 468 g/mol. The maximum absolute atomic E-state index is 13.1. The van der Waals surface area contributed by atoms with Crippen LogP contribution in [-0.2, 0) is 16.1 Å². The number of carbonyl (C=O) groups is 3. The van der Waals surface area contributed by atoms with Gasteiger partial charge in [-0.25, -0.2) is 14.6 Å². The molecule has 0 spiro atoms. The number of pyridine rings is 2. The summed E-state index contributed by atoms with van der Waals surface area (Å²) in [6.45, 7) is 2.52. The molecule has 2 aromatic rings. The van der Waals surface area contributed by atoms with Gasteiger partial charge in [-0.05, 0) is 51.3 Å². The number of aromatic nitrogens is 2. The van der Waals surface area contributed by atoms with Crippen LogP contribution in [0.3, 0.4) is 0 Å². The number of rotatable bonds is 7. The molecule has 2 atom stereocenters. The lowest BCUT2D eigenvalue weighted by Crippen LogP contribution is -2.49. The molecule has 2 saturated heterocycles. The van der Waals surface area contributed by atoms with Crippen LogP contribution in [0.2, 0.25) is 0 Å². The topological polar surface area (TPSA) is 162 Å². The molecule has 0 radical (unpaired) electrons. The second-order valence-electron chi connectivity index (χ2n) is 9.11. The molecule has 0 aliphatic carbocycles. The predicted octanol–water partition coefficient (Wildman–Crippen LogP) is 1.97. The van der Waals surface area contributed by atoms with Crippen LogP contribution in [0.5, 0.6) is 5.75 Å². The number of carboxylic acids is 2. The van der Waals surface area contributed by atoms with Crippen molar-refractivity contribution in [1.29, 1.82) is 0 Å². The van der Waals surface area contributed by atoms with Gasteiger partial charge in [-0.2, -0.15) is 0 Å². The van der Waals surface area contributed by atoms with E-state index in [1.807, 2.05) is 6.92 Å². The first-order chi connectivity index (χ1) is 17.1. The number of nitrogens with zero attached hydrogens (tertiary/aromatic N) is 3. The van der Waals surface area contributed by atoms with Gasteiger partial charge in [0.25, 0.3) is 11.5 Å². The van der Waals surface area contributed by atoms with E-state index >= 15 is 0 Å². The Morgan fingerprint density at radius 2 is 1.75 bits per heavy atom. The van der Waals surface area contributed by atoms with Crippen LogP contribution in [0.1, 0.15) is 55.8 Å². The Kier molecular flexibility index (Phi) is 8.81. The molecule has 2 bridgehead atoms. The van der Waals surface area contributed by atoms with Gasteiger partial charge >= 0.3 is 11.9 Å². The molecule has 2 aliphatic rings. The molecule has 4 rings (SSSR count). The van der Waals surface area contributed by atoms with Crippen LogP contribution in [0, 0.1) is 0 Å². The van der Waals surface area contributed by atoms with Gasteiger partial charge < -0.3 is 25.5 Å². The summed E-state index contributed by atoms with van der Waals surface area (Å²) in [5, 5.41) is 29.8. The Bertz CT molecular complexity index is 1190. The molecule has 36 heavy (non-hydrogen) atoms. The molecule has 0 saturated carbocycles. The smallest absolute Gasteiger partial charge is 0.328 e. The minimum Gasteiger partial charge on any atom is -0.506 e. The maximum atomic E-state index is 13.1. The van der Waals surface area contributed by atoms with E-state index < -0.39 is 23.4 Å². The van der Waals surface area contributed by atoms with Gasteiger partial charge in [0.2, 0.25) is 0 Å². The zero-order chi connectivity index (χ0) is 26.4. The van der Waals surface area contributed by atoms with Crippen molar-refractivity contribution in [2.75, 3.05) is 7.05 Å². The number of aliphatic carboxylic acids is 2. The van der Waals surface area contributed by atoms with E-state index in [1.165, 1.54) is 4.57 Å². The summed E-state index contributed by atoms with van der Waals surface area (Å²) in [5.41, 5.74) is -0.208. The van der Waals surface area contributed by atoms with E-state index in [0.717, 1.165) is 38.5 Å². The van der Waals surface area contributed by atoms with E-state index in [9.17, 15) is 24.3 Å². The van der Waals surface area contributed by atoms with Gasteiger partial charge in [0.05, 0.1) is 5.39 Å². The Hall–Kier alpha value is -3.73. The molecule has 2 aliphatic heterocycles. The number of piperidine rings is 1. The number of hydrogen-bond donors (Lipinski definition) is 4. The van der Waals surface area contributed by atoms with Gasteiger partial charge in [0.1, 0.15) is 17.0 Å². The van der Waals surface area contributed by atoms with Crippen molar-refractivity contribution < 1.29 is 29.7 Å². The van der Waals surface area contributed by atoms with Crippen molar-refractivity contribution in [1.82, 2.24) is 19.8 Å². The average molecular weight is 501 g/mol. The summed E-state index contributed by atoms with van der Waals surface area (Å²) in [5.74, 6) is -3.26. The fourth-order valence-electron chi connectivity index (χ4n) is 4.92. The summed E-state index contributed by atoms with van der Waals surface area (Å²) in [4.78, 5) is 51.9. The van der Waals surface area contributed by atoms with Gasteiger partial charge in [-0.15, -0.1) is 0 Å². The molecule has 2 aromatic heterocycles. The number of carbonyl (C=O) groups excluding carboxylic acids is 1.